The Balaban J connectivity index is 2.69. The van der Waals surface area contributed by atoms with Crippen molar-refractivity contribution in [2.75, 3.05) is 12.4 Å². The molecule has 0 aliphatic carbocycles. The van der Waals surface area contributed by atoms with Gasteiger partial charge in [-0.15, -0.1) is 0 Å². The molecular weight excluding hydrogens is 176 g/mol. The van der Waals surface area contributed by atoms with E-state index in [0.717, 1.165) is 12.4 Å². The molecule has 0 radical (unpaired) electrons. The lowest BCUT2D eigenvalue weighted by atomic mass is 10.2. The van der Waals surface area contributed by atoms with Crippen molar-refractivity contribution in [1.29, 1.82) is 0 Å². The summed E-state index contributed by atoms with van der Waals surface area (Å²) in [5.74, 6) is 1.12. The summed E-state index contributed by atoms with van der Waals surface area (Å²) in [4.78, 5) is 0. The first-order chi connectivity index (χ1) is 5.41. The van der Waals surface area contributed by atoms with Crippen LogP contribution < -0.4 is 0 Å². The second kappa shape index (κ2) is 10.7. The minimum atomic E-state index is 0.914. The third kappa shape index (κ3) is 10.7. The first-order valence-corrected chi connectivity index (χ1v) is 6.57. The van der Waals surface area contributed by atoms with Crippen molar-refractivity contribution in [3.05, 3.63) is 0 Å². The second-order valence-electron chi connectivity index (χ2n) is 2.36. The lowest BCUT2D eigenvalue weighted by Gasteiger charge is -1.99. The molecule has 0 aliphatic heterocycles. The lowest BCUT2D eigenvalue weighted by Crippen LogP contribution is -1.85. The molecule has 0 spiro atoms. The van der Waals surface area contributed by atoms with Crippen LogP contribution in [0.5, 0.6) is 0 Å². The Morgan fingerprint density at radius 1 is 1.09 bits per heavy atom. The van der Waals surface area contributed by atoms with E-state index in [1.165, 1.54) is 36.8 Å². The summed E-state index contributed by atoms with van der Waals surface area (Å²) in [6.07, 6.45) is 5.17. The Morgan fingerprint density at radius 2 is 1.91 bits per heavy atom. The van der Waals surface area contributed by atoms with Crippen LogP contribution in [-0.2, 0) is 4.18 Å². The standard InChI is InChI=1S/C8H18OS2/c1-3-5-6-7-8-9-11-10-4-2/h3-8H2,1-2H3. The van der Waals surface area contributed by atoms with Gasteiger partial charge in [0.25, 0.3) is 0 Å². The maximum Gasteiger partial charge on any atom is 0.0624 e. The predicted octanol–water partition coefficient (Wildman–Crippen LogP) is 3.90. The van der Waals surface area contributed by atoms with Crippen molar-refractivity contribution in [3.8, 4) is 0 Å². The Labute approximate surface area is 78.3 Å². The first kappa shape index (κ1) is 11.7. The SMILES string of the molecule is CCCCCCOSSCC. The molecule has 1 nitrogen and oxygen atoms in total. The van der Waals surface area contributed by atoms with Crippen LogP contribution in [0.25, 0.3) is 0 Å². The fraction of sp³-hybridized carbons (Fsp3) is 1.00. The van der Waals surface area contributed by atoms with E-state index < -0.39 is 0 Å². The van der Waals surface area contributed by atoms with Crippen molar-refractivity contribution in [2.45, 2.75) is 39.5 Å². The Morgan fingerprint density at radius 3 is 2.55 bits per heavy atom. The number of rotatable bonds is 8. The molecule has 11 heavy (non-hydrogen) atoms. The van der Waals surface area contributed by atoms with Crippen molar-refractivity contribution in [1.82, 2.24) is 0 Å². The molecule has 0 aromatic heterocycles. The van der Waals surface area contributed by atoms with Crippen molar-refractivity contribution >= 4 is 21.9 Å². The number of hydrogen-bond donors (Lipinski definition) is 0. The van der Waals surface area contributed by atoms with Gasteiger partial charge in [0.2, 0.25) is 0 Å². The van der Waals surface area contributed by atoms with Crippen LogP contribution in [0.4, 0.5) is 0 Å². The average Bonchev–Trinajstić information content (AvgIpc) is 2.03. The molecule has 0 aromatic carbocycles. The van der Waals surface area contributed by atoms with Gasteiger partial charge in [-0.3, -0.25) is 0 Å². The molecule has 0 N–H and O–H groups in total. The minimum Gasteiger partial charge on any atom is -0.305 e. The van der Waals surface area contributed by atoms with E-state index >= 15 is 0 Å². The summed E-state index contributed by atoms with van der Waals surface area (Å²) in [6, 6.07) is 0. The topological polar surface area (TPSA) is 9.23 Å². The predicted molar refractivity (Wildman–Crippen MR) is 55.8 cm³/mol. The van der Waals surface area contributed by atoms with Crippen molar-refractivity contribution < 1.29 is 4.18 Å². The molecule has 0 heterocycles. The summed E-state index contributed by atoms with van der Waals surface area (Å²) in [5, 5.41) is 0. The molecule has 0 aliphatic rings. The molecule has 0 saturated heterocycles. The zero-order valence-electron chi connectivity index (χ0n) is 7.47. The molecular formula is C8H18OS2. The van der Waals surface area contributed by atoms with Crippen molar-refractivity contribution in [2.24, 2.45) is 0 Å². The average molecular weight is 194 g/mol. The second-order valence-corrected chi connectivity index (χ2v) is 4.66. The summed E-state index contributed by atoms with van der Waals surface area (Å²) in [5.41, 5.74) is 0. The van der Waals surface area contributed by atoms with E-state index in [9.17, 15) is 0 Å². The molecule has 0 unspecified atom stereocenters. The van der Waals surface area contributed by atoms with Gasteiger partial charge < -0.3 is 4.18 Å². The van der Waals surface area contributed by atoms with Crippen LogP contribution in [0.15, 0.2) is 0 Å². The van der Waals surface area contributed by atoms with Crippen LogP contribution in [-0.4, -0.2) is 12.4 Å². The molecule has 0 fully saturated rings. The van der Waals surface area contributed by atoms with Gasteiger partial charge in [-0.05, 0) is 6.42 Å². The van der Waals surface area contributed by atoms with Crippen LogP contribution in [0.1, 0.15) is 39.5 Å². The summed E-state index contributed by atoms with van der Waals surface area (Å²) >= 11 is 1.53. The Kier molecular flexibility index (Phi) is 11.3. The van der Waals surface area contributed by atoms with E-state index in [2.05, 4.69) is 13.8 Å². The molecule has 0 bridgehead atoms. The third-order valence-electron chi connectivity index (χ3n) is 1.30. The molecule has 0 saturated carbocycles. The van der Waals surface area contributed by atoms with E-state index in [-0.39, 0.29) is 0 Å². The van der Waals surface area contributed by atoms with Gasteiger partial charge in [-0.25, -0.2) is 0 Å². The molecule has 3 heteroatoms. The van der Waals surface area contributed by atoms with Gasteiger partial charge in [-0.1, -0.05) is 43.9 Å². The maximum absolute atomic E-state index is 5.30. The maximum atomic E-state index is 5.30. The Hall–Kier alpha value is 0.660. The van der Waals surface area contributed by atoms with Gasteiger partial charge in [0, 0.05) is 5.75 Å². The van der Waals surface area contributed by atoms with Crippen LogP contribution in [0.2, 0.25) is 0 Å². The van der Waals surface area contributed by atoms with Gasteiger partial charge >= 0.3 is 0 Å². The minimum absolute atomic E-state index is 0.914. The van der Waals surface area contributed by atoms with E-state index in [1.807, 2.05) is 0 Å². The van der Waals surface area contributed by atoms with Gasteiger partial charge in [0.1, 0.15) is 0 Å². The van der Waals surface area contributed by atoms with Crippen LogP contribution in [0.3, 0.4) is 0 Å². The number of hydrogen-bond acceptors (Lipinski definition) is 3. The van der Waals surface area contributed by atoms with Gasteiger partial charge in [0.05, 0.1) is 17.7 Å². The molecule has 0 rings (SSSR count). The van der Waals surface area contributed by atoms with E-state index in [4.69, 9.17) is 4.18 Å². The van der Waals surface area contributed by atoms with E-state index in [0.29, 0.717) is 0 Å². The molecule has 0 atom stereocenters. The van der Waals surface area contributed by atoms with Gasteiger partial charge in [0.15, 0.2) is 0 Å². The summed E-state index contributed by atoms with van der Waals surface area (Å²) in [6.45, 7) is 5.28. The first-order valence-electron chi connectivity index (χ1n) is 4.32. The normalized spacial score (nSPS) is 10.4. The highest BCUT2D eigenvalue weighted by Gasteiger charge is 1.89. The zero-order valence-corrected chi connectivity index (χ0v) is 9.10. The van der Waals surface area contributed by atoms with Crippen LogP contribution in [0, 0.1) is 0 Å². The summed E-state index contributed by atoms with van der Waals surface area (Å²) < 4.78 is 5.30. The highest BCUT2D eigenvalue weighted by Crippen LogP contribution is 2.21. The Bertz CT molecular complexity index is 61.1. The zero-order chi connectivity index (χ0) is 8.36. The third-order valence-corrected chi connectivity index (χ3v) is 3.17. The molecule has 0 aromatic rings. The monoisotopic (exact) mass is 194 g/mol. The van der Waals surface area contributed by atoms with Crippen molar-refractivity contribution in [3.63, 3.8) is 0 Å². The summed E-state index contributed by atoms with van der Waals surface area (Å²) in [7, 11) is 1.77. The van der Waals surface area contributed by atoms with Gasteiger partial charge in [-0.2, -0.15) is 0 Å². The fourth-order valence-electron chi connectivity index (χ4n) is 0.704. The largest absolute Gasteiger partial charge is 0.305 e. The smallest absolute Gasteiger partial charge is 0.0624 e. The molecule has 0 amide bonds. The van der Waals surface area contributed by atoms with E-state index in [1.54, 1.807) is 10.8 Å². The van der Waals surface area contributed by atoms with Crippen LogP contribution >= 0.6 is 21.9 Å². The highest BCUT2D eigenvalue weighted by molar-refractivity contribution is 8.74. The molecule has 68 valence electrons. The quantitative estimate of drug-likeness (QED) is 0.329. The number of unbranched alkanes of at least 4 members (excludes halogenated alkanes) is 3. The highest BCUT2D eigenvalue weighted by atomic mass is 33.1. The fourth-order valence-corrected chi connectivity index (χ4v) is 1.75. The lowest BCUT2D eigenvalue weighted by molar-refractivity contribution is 0.361.